The molecule has 2 aromatic rings. The van der Waals surface area contributed by atoms with E-state index in [0.717, 1.165) is 0 Å². The van der Waals surface area contributed by atoms with E-state index in [1.54, 1.807) is 25.3 Å². The zero-order valence-corrected chi connectivity index (χ0v) is 15.0. The van der Waals surface area contributed by atoms with Crippen LogP contribution >= 0.6 is 0 Å². The molecule has 2 heterocycles. The lowest BCUT2D eigenvalue weighted by Crippen LogP contribution is -2.47. The maximum Gasteiger partial charge on any atom is 0.353 e. The average molecular weight is 376 g/mol. The molecule has 27 heavy (non-hydrogen) atoms. The third-order valence-electron chi connectivity index (χ3n) is 4.36. The summed E-state index contributed by atoms with van der Waals surface area (Å²) in [5.74, 6) is 0.158. The molecule has 0 atom stereocenters. The lowest BCUT2D eigenvalue weighted by molar-refractivity contribution is -0.383. The first-order valence-corrected chi connectivity index (χ1v) is 8.58. The number of halogens is 1. The monoisotopic (exact) mass is 376 g/mol. The summed E-state index contributed by atoms with van der Waals surface area (Å²) in [6.07, 6.45) is 1.31. The normalized spacial score (nSPS) is 14.3. The molecule has 10 heteroatoms. The van der Waals surface area contributed by atoms with E-state index in [0.29, 0.717) is 45.0 Å². The number of methoxy groups -OCH3 is 1. The average Bonchev–Trinajstić information content (AvgIpc) is 2.68. The minimum Gasteiger partial charge on any atom is -0.383 e. The predicted octanol–water partition coefficient (Wildman–Crippen LogP) is 1.91. The molecular formula is C17H21FN6O3. The van der Waals surface area contributed by atoms with Gasteiger partial charge >= 0.3 is 5.69 Å². The number of nitro groups is 1. The van der Waals surface area contributed by atoms with Crippen LogP contribution in [-0.4, -0.2) is 61.3 Å². The van der Waals surface area contributed by atoms with E-state index in [-0.39, 0.29) is 23.1 Å². The van der Waals surface area contributed by atoms with Crippen LogP contribution in [-0.2, 0) is 4.74 Å². The molecule has 0 radical (unpaired) electrons. The molecule has 0 spiro atoms. The van der Waals surface area contributed by atoms with Crippen LogP contribution in [0.5, 0.6) is 0 Å². The van der Waals surface area contributed by atoms with Crippen molar-refractivity contribution >= 4 is 23.0 Å². The molecule has 1 aliphatic rings. The highest BCUT2D eigenvalue weighted by atomic mass is 19.1. The second-order valence-electron chi connectivity index (χ2n) is 6.00. The summed E-state index contributed by atoms with van der Waals surface area (Å²) in [5, 5.41) is 14.5. The number of aromatic nitrogens is 2. The lowest BCUT2D eigenvalue weighted by atomic mass is 10.2. The fourth-order valence-electron chi connectivity index (χ4n) is 3.04. The van der Waals surface area contributed by atoms with Crippen LogP contribution in [0.3, 0.4) is 0 Å². The quantitative estimate of drug-likeness (QED) is 0.445. The number of nitrogens with one attached hydrogen (secondary N) is 1. The third-order valence-corrected chi connectivity index (χ3v) is 4.36. The van der Waals surface area contributed by atoms with Gasteiger partial charge in [-0.05, 0) is 12.1 Å². The molecule has 1 N–H and O–H groups in total. The number of hydrogen-bond acceptors (Lipinski definition) is 8. The Morgan fingerprint density at radius 3 is 2.59 bits per heavy atom. The van der Waals surface area contributed by atoms with Crippen molar-refractivity contribution in [3.63, 3.8) is 0 Å². The standard InChI is InChI=1S/C17H21FN6O3/c1-27-11-6-19-16-15(24(25)26)17(21-12-20-16)23-9-7-22(8-10-23)14-5-3-2-4-13(14)18/h2-5,12H,6-11H2,1H3,(H,19,20,21). The first-order valence-electron chi connectivity index (χ1n) is 8.58. The molecule has 0 bridgehead atoms. The molecular weight excluding hydrogens is 355 g/mol. The first-order chi connectivity index (χ1) is 13.1. The van der Waals surface area contributed by atoms with Crippen LogP contribution in [0.25, 0.3) is 0 Å². The number of ether oxygens (including phenoxy) is 1. The van der Waals surface area contributed by atoms with Gasteiger partial charge in [-0.15, -0.1) is 0 Å². The number of para-hydroxylation sites is 1. The smallest absolute Gasteiger partial charge is 0.353 e. The van der Waals surface area contributed by atoms with Crippen LogP contribution in [0, 0.1) is 15.9 Å². The van der Waals surface area contributed by atoms with Crippen molar-refractivity contribution in [2.45, 2.75) is 0 Å². The van der Waals surface area contributed by atoms with Crippen molar-refractivity contribution < 1.29 is 14.1 Å². The second-order valence-corrected chi connectivity index (χ2v) is 6.00. The molecule has 0 unspecified atom stereocenters. The van der Waals surface area contributed by atoms with Gasteiger partial charge in [-0.25, -0.2) is 14.4 Å². The Bertz CT molecular complexity index is 798. The zero-order chi connectivity index (χ0) is 19.2. The SMILES string of the molecule is COCCNc1ncnc(N2CCN(c3ccccc3F)CC2)c1[N+](=O)[O-]. The van der Waals surface area contributed by atoms with Gasteiger partial charge in [0.2, 0.25) is 11.6 Å². The summed E-state index contributed by atoms with van der Waals surface area (Å²) in [6.45, 7) is 2.85. The van der Waals surface area contributed by atoms with Gasteiger partial charge in [0.25, 0.3) is 0 Å². The van der Waals surface area contributed by atoms with Crippen molar-refractivity contribution in [1.29, 1.82) is 0 Å². The zero-order valence-electron chi connectivity index (χ0n) is 15.0. The second kappa shape index (κ2) is 8.58. The Labute approximate surface area is 155 Å². The fourth-order valence-corrected chi connectivity index (χ4v) is 3.04. The van der Waals surface area contributed by atoms with Crippen molar-refractivity contribution in [2.75, 3.05) is 61.6 Å². The molecule has 0 amide bonds. The molecule has 3 rings (SSSR count). The maximum atomic E-state index is 14.0. The summed E-state index contributed by atoms with van der Waals surface area (Å²) in [6, 6.07) is 6.60. The van der Waals surface area contributed by atoms with Gasteiger partial charge in [0.15, 0.2) is 0 Å². The Hall–Kier alpha value is -3.01. The molecule has 1 aromatic carbocycles. The van der Waals surface area contributed by atoms with E-state index in [1.165, 1.54) is 12.4 Å². The molecule has 144 valence electrons. The Morgan fingerprint density at radius 1 is 1.22 bits per heavy atom. The van der Waals surface area contributed by atoms with Crippen molar-refractivity contribution in [3.05, 3.63) is 46.5 Å². The molecule has 1 saturated heterocycles. The third kappa shape index (κ3) is 4.22. The van der Waals surface area contributed by atoms with Gasteiger partial charge < -0.3 is 19.9 Å². The highest BCUT2D eigenvalue weighted by Gasteiger charge is 2.29. The minimum absolute atomic E-state index is 0.159. The van der Waals surface area contributed by atoms with Gasteiger partial charge in [0.1, 0.15) is 12.1 Å². The Morgan fingerprint density at radius 2 is 1.93 bits per heavy atom. The van der Waals surface area contributed by atoms with Crippen LogP contribution in [0.4, 0.5) is 27.4 Å². The number of nitrogens with zero attached hydrogens (tertiary/aromatic N) is 5. The highest BCUT2D eigenvalue weighted by molar-refractivity contribution is 5.70. The van der Waals surface area contributed by atoms with Gasteiger partial charge in [-0.2, -0.15) is 0 Å². The van der Waals surface area contributed by atoms with Crippen LogP contribution in [0.2, 0.25) is 0 Å². The Kier molecular flexibility index (Phi) is 5.97. The molecule has 9 nitrogen and oxygen atoms in total. The van der Waals surface area contributed by atoms with Crippen LogP contribution in [0.15, 0.2) is 30.6 Å². The topological polar surface area (TPSA) is 96.7 Å². The van der Waals surface area contributed by atoms with Gasteiger partial charge in [-0.3, -0.25) is 10.1 Å². The summed E-state index contributed by atoms with van der Waals surface area (Å²) >= 11 is 0. The summed E-state index contributed by atoms with van der Waals surface area (Å²) in [5.41, 5.74) is 0.379. The van der Waals surface area contributed by atoms with E-state index in [4.69, 9.17) is 4.74 Å². The molecule has 1 aliphatic heterocycles. The number of rotatable bonds is 7. The summed E-state index contributed by atoms with van der Waals surface area (Å²) in [7, 11) is 1.55. The van der Waals surface area contributed by atoms with E-state index in [2.05, 4.69) is 15.3 Å². The van der Waals surface area contributed by atoms with E-state index in [9.17, 15) is 14.5 Å². The number of hydrogen-bond donors (Lipinski definition) is 1. The predicted molar refractivity (Wildman–Crippen MR) is 99.9 cm³/mol. The van der Waals surface area contributed by atoms with Crippen molar-refractivity contribution in [3.8, 4) is 0 Å². The number of benzene rings is 1. The van der Waals surface area contributed by atoms with Crippen molar-refractivity contribution in [2.24, 2.45) is 0 Å². The van der Waals surface area contributed by atoms with E-state index < -0.39 is 4.92 Å². The lowest BCUT2D eigenvalue weighted by Gasteiger charge is -2.36. The van der Waals surface area contributed by atoms with Gasteiger partial charge in [-0.1, -0.05) is 12.1 Å². The molecule has 1 fully saturated rings. The van der Waals surface area contributed by atoms with Crippen molar-refractivity contribution in [1.82, 2.24) is 9.97 Å². The van der Waals surface area contributed by atoms with Crippen LogP contribution < -0.4 is 15.1 Å². The molecule has 0 saturated carbocycles. The molecule has 1 aromatic heterocycles. The van der Waals surface area contributed by atoms with E-state index in [1.807, 2.05) is 9.80 Å². The highest BCUT2D eigenvalue weighted by Crippen LogP contribution is 2.32. The molecule has 0 aliphatic carbocycles. The number of piperazine rings is 1. The number of anilines is 3. The minimum atomic E-state index is -0.478. The largest absolute Gasteiger partial charge is 0.383 e. The van der Waals surface area contributed by atoms with Crippen LogP contribution in [0.1, 0.15) is 0 Å². The Balaban J connectivity index is 1.76. The summed E-state index contributed by atoms with van der Waals surface area (Å²) < 4.78 is 18.9. The van der Waals surface area contributed by atoms with Gasteiger partial charge in [0.05, 0.1) is 17.2 Å². The first kappa shape index (κ1) is 18.8. The van der Waals surface area contributed by atoms with E-state index >= 15 is 0 Å². The maximum absolute atomic E-state index is 14.0. The fraction of sp³-hybridized carbons (Fsp3) is 0.412. The summed E-state index contributed by atoms with van der Waals surface area (Å²) in [4.78, 5) is 23.0. The van der Waals surface area contributed by atoms with Gasteiger partial charge in [0, 0.05) is 39.8 Å².